The van der Waals surface area contributed by atoms with Crippen LogP contribution in [0.2, 0.25) is 0 Å². The zero-order valence-corrected chi connectivity index (χ0v) is 17.1. The van der Waals surface area contributed by atoms with Crippen LogP contribution in [0.3, 0.4) is 0 Å². The van der Waals surface area contributed by atoms with Crippen molar-refractivity contribution >= 4 is 23.1 Å². The number of benzene rings is 2. The van der Waals surface area contributed by atoms with Crippen LogP contribution in [0.1, 0.15) is 35.5 Å². The molecule has 1 aromatic heterocycles. The van der Waals surface area contributed by atoms with E-state index in [2.05, 4.69) is 51.5 Å². The summed E-state index contributed by atoms with van der Waals surface area (Å²) in [4.78, 5) is 23.1. The van der Waals surface area contributed by atoms with E-state index in [1.165, 1.54) is 11.9 Å². The number of carbonyl (C=O) groups is 1. The molecule has 3 rings (SSSR count). The van der Waals surface area contributed by atoms with Gasteiger partial charge in [0.15, 0.2) is 0 Å². The minimum absolute atomic E-state index is 0.242. The molecular formula is C23H27N5O. The molecule has 0 aliphatic rings. The second kappa shape index (κ2) is 9.68. The Morgan fingerprint density at radius 2 is 1.76 bits per heavy atom. The van der Waals surface area contributed by atoms with Crippen LogP contribution in [0.5, 0.6) is 0 Å². The maximum Gasteiger partial charge on any atom is 0.271 e. The van der Waals surface area contributed by atoms with Crippen molar-refractivity contribution in [3.8, 4) is 0 Å². The highest BCUT2D eigenvalue weighted by Crippen LogP contribution is 2.20. The Morgan fingerprint density at radius 1 is 1.00 bits per heavy atom. The summed E-state index contributed by atoms with van der Waals surface area (Å²) in [6.45, 7) is 8.72. The van der Waals surface area contributed by atoms with Gasteiger partial charge in [0.25, 0.3) is 5.91 Å². The summed E-state index contributed by atoms with van der Waals surface area (Å²) in [5.74, 6) is 0.352. The van der Waals surface area contributed by atoms with E-state index in [1.807, 2.05) is 43.3 Å². The SMILES string of the molecule is CCN(CC)c1ccc(Nc2cnc(C(=O)NCc3cccc(C)c3)cn2)cc1. The molecule has 6 heteroatoms. The number of nitrogens with one attached hydrogen (secondary N) is 2. The number of nitrogens with zero attached hydrogens (tertiary/aromatic N) is 3. The highest BCUT2D eigenvalue weighted by atomic mass is 16.1. The monoisotopic (exact) mass is 389 g/mol. The van der Waals surface area contributed by atoms with Crippen molar-refractivity contribution in [2.75, 3.05) is 23.3 Å². The lowest BCUT2D eigenvalue weighted by Gasteiger charge is -2.21. The van der Waals surface area contributed by atoms with E-state index in [4.69, 9.17) is 0 Å². The smallest absolute Gasteiger partial charge is 0.271 e. The highest BCUT2D eigenvalue weighted by molar-refractivity contribution is 5.92. The van der Waals surface area contributed by atoms with Crippen molar-refractivity contribution in [1.82, 2.24) is 15.3 Å². The summed E-state index contributed by atoms with van der Waals surface area (Å²) in [5, 5.41) is 6.09. The van der Waals surface area contributed by atoms with E-state index >= 15 is 0 Å². The summed E-state index contributed by atoms with van der Waals surface area (Å²) in [6, 6.07) is 16.2. The number of aromatic nitrogens is 2. The van der Waals surface area contributed by atoms with E-state index in [-0.39, 0.29) is 5.91 Å². The fourth-order valence-corrected chi connectivity index (χ4v) is 3.10. The molecule has 2 aromatic carbocycles. The maximum absolute atomic E-state index is 12.3. The van der Waals surface area contributed by atoms with Gasteiger partial charge >= 0.3 is 0 Å². The first-order valence-corrected chi connectivity index (χ1v) is 9.87. The van der Waals surface area contributed by atoms with Gasteiger partial charge in [0.05, 0.1) is 12.4 Å². The molecule has 0 saturated heterocycles. The summed E-state index contributed by atoms with van der Waals surface area (Å²) in [6.07, 6.45) is 3.05. The fraction of sp³-hybridized carbons (Fsp3) is 0.261. The maximum atomic E-state index is 12.3. The minimum atomic E-state index is -0.242. The molecule has 0 radical (unpaired) electrons. The Morgan fingerprint density at radius 3 is 2.38 bits per heavy atom. The first-order valence-electron chi connectivity index (χ1n) is 9.87. The zero-order valence-electron chi connectivity index (χ0n) is 17.1. The van der Waals surface area contributed by atoms with Crippen LogP contribution in [-0.4, -0.2) is 29.0 Å². The predicted molar refractivity (Wildman–Crippen MR) is 118 cm³/mol. The first-order chi connectivity index (χ1) is 14.1. The van der Waals surface area contributed by atoms with Gasteiger partial charge < -0.3 is 15.5 Å². The molecule has 0 aliphatic heterocycles. The molecule has 3 aromatic rings. The molecule has 0 atom stereocenters. The first kappa shape index (κ1) is 20.3. The molecule has 29 heavy (non-hydrogen) atoms. The Labute approximate surface area is 172 Å². The number of carbonyl (C=O) groups excluding carboxylic acids is 1. The Kier molecular flexibility index (Phi) is 6.79. The lowest BCUT2D eigenvalue weighted by Crippen LogP contribution is -2.24. The molecule has 0 aliphatic carbocycles. The van der Waals surface area contributed by atoms with Crippen LogP contribution in [0.15, 0.2) is 60.9 Å². The van der Waals surface area contributed by atoms with Crippen molar-refractivity contribution in [2.24, 2.45) is 0 Å². The predicted octanol–water partition coefficient (Wildman–Crippen LogP) is 4.30. The van der Waals surface area contributed by atoms with E-state index in [9.17, 15) is 4.79 Å². The van der Waals surface area contributed by atoms with Crippen LogP contribution in [0, 0.1) is 6.92 Å². The average molecular weight is 390 g/mol. The number of hydrogen-bond donors (Lipinski definition) is 2. The molecule has 0 fully saturated rings. The van der Waals surface area contributed by atoms with Gasteiger partial charge in [-0.2, -0.15) is 0 Å². The lowest BCUT2D eigenvalue weighted by atomic mass is 10.1. The molecule has 1 heterocycles. The largest absolute Gasteiger partial charge is 0.372 e. The third-order valence-corrected chi connectivity index (χ3v) is 4.69. The van der Waals surface area contributed by atoms with E-state index in [0.717, 1.165) is 29.9 Å². The van der Waals surface area contributed by atoms with Crippen LogP contribution >= 0.6 is 0 Å². The number of amides is 1. The fourth-order valence-electron chi connectivity index (χ4n) is 3.10. The van der Waals surface area contributed by atoms with Crippen molar-refractivity contribution in [1.29, 1.82) is 0 Å². The van der Waals surface area contributed by atoms with Gasteiger partial charge in [-0.1, -0.05) is 29.8 Å². The molecule has 1 amide bonds. The molecule has 150 valence electrons. The van der Waals surface area contributed by atoms with Gasteiger partial charge in [-0.05, 0) is 50.6 Å². The molecule has 0 bridgehead atoms. The van der Waals surface area contributed by atoms with E-state index in [0.29, 0.717) is 18.1 Å². The van der Waals surface area contributed by atoms with Gasteiger partial charge in [0.1, 0.15) is 11.5 Å². The molecular weight excluding hydrogens is 362 g/mol. The summed E-state index contributed by atoms with van der Waals surface area (Å²) in [5.41, 5.74) is 4.62. The summed E-state index contributed by atoms with van der Waals surface area (Å²) < 4.78 is 0. The Hall–Kier alpha value is -3.41. The quantitative estimate of drug-likeness (QED) is 0.601. The minimum Gasteiger partial charge on any atom is -0.372 e. The average Bonchev–Trinajstić information content (AvgIpc) is 2.75. The Bertz CT molecular complexity index is 934. The summed E-state index contributed by atoms with van der Waals surface area (Å²) in [7, 11) is 0. The van der Waals surface area contributed by atoms with E-state index in [1.54, 1.807) is 6.20 Å². The van der Waals surface area contributed by atoms with Crippen molar-refractivity contribution in [2.45, 2.75) is 27.3 Å². The lowest BCUT2D eigenvalue weighted by molar-refractivity contribution is 0.0945. The van der Waals surface area contributed by atoms with Gasteiger partial charge in [-0.25, -0.2) is 9.97 Å². The van der Waals surface area contributed by atoms with Crippen molar-refractivity contribution in [3.63, 3.8) is 0 Å². The Balaban J connectivity index is 1.57. The van der Waals surface area contributed by atoms with Crippen LogP contribution < -0.4 is 15.5 Å². The number of aryl methyl sites for hydroxylation is 1. The van der Waals surface area contributed by atoms with Crippen LogP contribution in [0.4, 0.5) is 17.2 Å². The number of anilines is 3. The molecule has 0 saturated carbocycles. The van der Waals surface area contributed by atoms with Crippen molar-refractivity contribution < 1.29 is 4.79 Å². The second-order valence-electron chi connectivity index (χ2n) is 6.80. The third kappa shape index (κ3) is 5.54. The van der Waals surface area contributed by atoms with Gasteiger partial charge in [0, 0.05) is 31.0 Å². The zero-order chi connectivity index (χ0) is 20.6. The molecule has 6 nitrogen and oxygen atoms in total. The molecule has 0 spiro atoms. The van der Waals surface area contributed by atoms with Crippen molar-refractivity contribution in [3.05, 3.63) is 77.7 Å². The molecule has 0 unspecified atom stereocenters. The number of rotatable bonds is 8. The van der Waals surface area contributed by atoms with Crippen LogP contribution in [-0.2, 0) is 6.54 Å². The summed E-state index contributed by atoms with van der Waals surface area (Å²) >= 11 is 0. The van der Waals surface area contributed by atoms with Gasteiger partial charge in [-0.15, -0.1) is 0 Å². The third-order valence-electron chi connectivity index (χ3n) is 4.69. The topological polar surface area (TPSA) is 70.2 Å². The van der Waals surface area contributed by atoms with Gasteiger partial charge in [-0.3, -0.25) is 4.79 Å². The standard InChI is InChI=1S/C23H27N5O/c1-4-28(5-2)20-11-9-19(10-12-20)27-22-16-24-21(15-25-22)23(29)26-14-18-8-6-7-17(3)13-18/h6-13,15-16H,4-5,14H2,1-3H3,(H,25,27)(H,26,29). The highest BCUT2D eigenvalue weighted by Gasteiger charge is 2.08. The van der Waals surface area contributed by atoms with Crippen LogP contribution in [0.25, 0.3) is 0 Å². The second-order valence-corrected chi connectivity index (χ2v) is 6.80. The van der Waals surface area contributed by atoms with E-state index < -0.39 is 0 Å². The normalized spacial score (nSPS) is 10.4. The number of hydrogen-bond acceptors (Lipinski definition) is 5. The van der Waals surface area contributed by atoms with Gasteiger partial charge in [0.2, 0.25) is 0 Å². The molecule has 2 N–H and O–H groups in total.